The smallest absolute Gasteiger partial charge is 0.270 e. The number of fused-ring (bicyclic) bond motifs is 1. The van der Waals surface area contributed by atoms with Gasteiger partial charge >= 0.3 is 0 Å². The van der Waals surface area contributed by atoms with Crippen molar-refractivity contribution in [3.63, 3.8) is 0 Å². The Balaban J connectivity index is 1.23. The molecule has 2 aromatic rings. The van der Waals surface area contributed by atoms with E-state index in [2.05, 4.69) is 38.4 Å². The van der Waals surface area contributed by atoms with Crippen molar-refractivity contribution in [2.75, 3.05) is 32.7 Å². The third kappa shape index (κ3) is 5.45. The number of hydrogen-bond acceptors (Lipinski definition) is 6. The molecule has 2 aliphatic heterocycles. The summed E-state index contributed by atoms with van der Waals surface area (Å²) >= 11 is 0. The minimum atomic E-state index is -0.650. The summed E-state index contributed by atoms with van der Waals surface area (Å²) in [5, 5.41) is 13.2. The van der Waals surface area contributed by atoms with Gasteiger partial charge in [-0.05, 0) is 36.0 Å². The molecule has 0 unspecified atom stereocenters. The average Bonchev–Trinajstić information content (AvgIpc) is 2.74. The summed E-state index contributed by atoms with van der Waals surface area (Å²) < 4.78 is 0. The zero-order chi connectivity index (χ0) is 21.8. The molecular formula is C23H29N5O3. The molecule has 1 atom stereocenters. The van der Waals surface area contributed by atoms with Crippen LogP contribution in [0.25, 0.3) is 0 Å². The van der Waals surface area contributed by atoms with Gasteiger partial charge in [0.05, 0.1) is 6.10 Å². The Labute approximate surface area is 182 Å². The van der Waals surface area contributed by atoms with E-state index in [9.17, 15) is 14.7 Å². The molecule has 0 aliphatic carbocycles. The van der Waals surface area contributed by atoms with E-state index < -0.39 is 6.10 Å². The lowest BCUT2D eigenvalue weighted by atomic mass is 9.94. The van der Waals surface area contributed by atoms with Crippen LogP contribution in [0.4, 0.5) is 0 Å². The first kappa shape index (κ1) is 21.4. The highest BCUT2D eigenvalue weighted by molar-refractivity contribution is 5.92. The molecule has 8 nitrogen and oxygen atoms in total. The number of nitrogens with one attached hydrogen (secondary N) is 1. The molecule has 0 spiro atoms. The zero-order valence-electron chi connectivity index (χ0n) is 17.8. The maximum atomic E-state index is 12.5. The van der Waals surface area contributed by atoms with Gasteiger partial charge in [-0.25, -0.2) is 9.97 Å². The number of aliphatic hydroxyl groups is 1. The molecule has 0 radical (unpaired) electrons. The third-order valence-corrected chi connectivity index (χ3v) is 6.03. The molecule has 2 amide bonds. The number of hydrogen-bond donors (Lipinski definition) is 2. The van der Waals surface area contributed by atoms with Gasteiger partial charge in [0, 0.05) is 51.9 Å². The predicted molar refractivity (Wildman–Crippen MR) is 115 cm³/mol. The van der Waals surface area contributed by atoms with Gasteiger partial charge in [-0.3, -0.25) is 14.5 Å². The monoisotopic (exact) mass is 423 g/mol. The van der Waals surface area contributed by atoms with Crippen molar-refractivity contribution in [2.45, 2.75) is 32.4 Å². The fourth-order valence-corrected chi connectivity index (χ4v) is 4.26. The molecular weight excluding hydrogens is 394 g/mol. The molecule has 1 aromatic carbocycles. The van der Waals surface area contributed by atoms with E-state index in [0.717, 1.165) is 38.3 Å². The maximum Gasteiger partial charge on any atom is 0.270 e. The van der Waals surface area contributed by atoms with Gasteiger partial charge in [0.25, 0.3) is 5.91 Å². The van der Waals surface area contributed by atoms with Gasteiger partial charge in [0.1, 0.15) is 12.0 Å². The second-order valence-corrected chi connectivity index (χ2v) is 8.51. The van der Waals surface area contributed by atoms with Crippen LogP contribution in [0.5, 0.6) is 0 Å². The molecule has 1 aromatic heterocycles. The summed E-state index contributed by atoms with van der Waals surface area (Å²) in [7, 11) is 0. The number of amides is 2. The number of nitrogens with zero attached hydrogens (tertiary/aromatic N) is 4. The Hall–Kier alpha value is -2.84. The van der Waals surface area contributed by atoms with Gasteiger partial charge in [0.15, 0.2) is 0 Å². The molecule has 4 rings (SSSR count). The van der Waals surface area contributed by atoms with Crippen LogP contribution in [0.3, 0.4) is 0 Å². The molecule has 8 heteroatoms. The van der Waals surface area contributed by atoms with Gasteiger partial charge in [-0.2, -0.15) is 0 Å². The lowest BCUT2D eigenvalue weighted by Crippen LogP contribution is -2.49. The summed E-state index contributed by atoms with van der Waals surface area (Å²) in [6.07, 6.45) is 2.44. The quantitative estimate of drug-likeness (QED) is 0.679. The molecule has 164 valence electrons. The minimum absolute atomic E-state index is 0.0892. The normalized spacial score (nSPS) is 17.5. The lowest BCUT2D eigenvalue weighted by Gasteiger charge is -2.38. The number of aliphatic hydroxyl groups excluding tert-OH is 1. The summed E-state index contributed by atoms with van der Waals surface area (Å²) in [6, 6.07) is 10.1. The van der Waals surface area contributed by atoms with Gasteiger partial charge in [-0.1, -0.05) is 24.3 Å². The maximum absolute atomic E-state index is 12.5. The highest BCUT2D eigenvalue weighted by Gasteiger charge is 2.29. The van der Waals surface area contributed by atoms with Crippen molar-refractivity contribution in [1.29, 1.82) is 0 Å². The Kier molecular flexibility index (Phi) is 6.58. The van der Waals surface area contributed by atoms with Gasteiger partial charge < -0.3 is 15.3 Å². The SMILES string of the molecule is CC(=O)N1CC(Cc2cc(C(=O)NC[C@H](O)CN3CCc4ccccc4C3)ncn2)C1. The first-order valence-corrected chi connectivity index (χ1v) is 10.8. The Bertz CT molecular complexity index is 944. The van der Waals surface area contributed by atoms with E-state index in [1.807, 2.05) is 6.07 Å². The van der Waals surface area contributed by atoms with Crippen molar-refractivity contribution in [3.05, 3.63) is 59.2 Å². The van der Waals surface area contributed by atoms with E-state index in [-0.39, 0.29) is 18.4 Å². The number of aromatic nitrogens is 2. The van der Waals surface area contributed by atoms with Crippen LogP contribution in [-0.2, 0) is 24.2 Å². The largest absolute Gasteiger partial charge is 0.390 e. The van der Waals surface area contributed by atoms with Gasteiger partial charge in [0.2, 0.25) is 5.91 Å². The molecule has 0 saturated carbocycles. The van der Waals surface area contributed by atoms with E-state index in [4.69, 9.17) is 0 Å². The van der Waals surface area contributed by atoms with Crippen LogP contribution in [0, 0.1) is 5.92 Å². The standard InChI is InChI=1S/C23H29N5O3/c1-16(29)28-11-17(12-28)8-20-9-22(26-15-25-20)23(31)24-10-21(30)14-27-7-6-18-4-2-3-5-19(18)13-27/h2-5,9,15,17,21,30H,6-8,10-14H2,1H3,(H,24,31)/t21-/m0/s1. The number of carbonyl (C=O) groups is 2. The second kappa shape index (κ2) is 9.53. The van der Waals surface area contributed by atoms with E-state index in [0.29, 0.717) is 24.6 Å². The number of carbonyl (C=O) groups excluding carboxylic acids is 2. The number of β-amino-alcohol motifs (C(OH)–C–C–N with tert-alkyl or cyclic N) is 1. The van der Waals surface area contributed by atoms with Crippen molar-refractivity contribution >= 4 is 11.8 Å². The number of likely N-dealkylation sites (tertiary alicyclic amines) is 1. The molecule has 1 saturated heterocycles. The Morgan fingerprint density at radius 2 is 2.00 bits per heavy atom. The van der Waals surface area contributed by atoms with Crippen molar-refractivity contribution in [1.82, 2.24) is 25.1 Å². The minimum Gasteiger partial charge on any atom is -0.390 e. The first-order chi connectivity index (χ1) is 15.0. The fraction of sp³-hybridized carbons (Fsp3) is 0.478. The lowest BCUT2D eigenvalue weighted by molar-refractivity contribution is -0.134. The van der Waals surface area contributed by atoms with Crippen LogP contribution in [0.15, 0.2) is 36.7 Å². The third-order valence-electron chi connectivity index (χ3n) is 6.03. The molecule has 3 heterocycles. The topological polar surface area (TPSA) is 98.7 Å². The molecule has 31 heavy (non-hydrogen) atoms. The highest BCUT2D eigenvalue weighted by atomic mass is 16.3. The second-order valence-electron chi connectivity index (χ2n) is 8.51. The van der Waals surface area contributed by atoms with Crippen LogP contribution < -0.4 is 5.32 Å². The fourth-order valence-electron chi connectivity index (χ4n) is 4.26. The van der Waals surface area contributed by atoms with Crippen molar-refractivity contribution in [2.24, 2.45) is 5.92 Å². The van der Waals surface area contributed by atoms with Crippen LogP contribution in [0.1, 0.15) is 34.2 Å². The van der Waals surface area contributed by atoms with E-state index in [1.165, 1.54) is 17.5 Å². The molecule has 2 aliphatic rings. The number of rotatable bonds is 7. The Morgan fingerprint density at radius 3 is 2.77 bits per heavy atom. The molecule has 2 N–H and O–H groups in total. The first-order valence-electron chi connectivity index (χ1n) is 10.8. The molecule has 1 fully saturated rings. The van der Waals surface area contributed by atoms with Crippen molar-refractivity contribution in [3.8, 4) is 0 Å². The Morgan fingerprint density at radius 1 is 1.23 bits per heavy atom. The van der Waals surface area contributed by atoms with Crippen LogP contribution in [-0.4, -0.2) is 75.5 Å². The summed E-state index contributed by atoms with van der Waals surface area (Å²) in [5.41, 5.74) is 3.76. The highest BCUT2D eigenvalue weighted by Crippen LogP contribution is 2.20. The summed E-state index contributed by atoms with van der Waals surface area (Å²) in [6.45, 7) is 5.44. The van der Waals surface area contributed by atoms with Gasteiger partial charge in [-0.15, -0.1) is 0 Å². The molecule has 0 bridgehead atoms. The van der Waals surface area contributed by atoms with Crippen molar-refractivity contribution < 1.29 is 14.7 Å². The number of benzene rings is 1. The average molecular weight is 424 g/mol. The van der Waals surface area contributed by atoms with Crippen LogP contribution in [0.2, 0.25) is 0 Å². The van der Waals surface area contributed by atoms with E-state index in [1.54, 1.807) is 17.9 Å². The van der Waals surface area contributed by atoms with E-state index >= 15 is 0 Å². The van der Waals surface area contributed by atoms with Crippen LogP contribution >= 0.6 is 0 Å². The predicted octanol–water partition coefficient (Wildman–Crippen LogP) is 0.646. The summed E-state index contributed by atoms with van der Waals surface area (Å²) in [5.74, 6) is 0.142. The summed E-state index contributed by atoms with van der Waals surface area (Å²) in [4.78, 5) is 36.1. The zero-order valence-corrected chi connectivity index (χ0v) is 17.8.